The first-order valence-electron chi connectivity index (χ1n) is 8.93. The van der Waals surface area contributed by atoms with Gasteiger partial charge in [0.25, 0.3) is 5.91 Å². The summed E-state index contributed by atoms with van der Waals surface area (Å²) in [6.45, 7) is 9.82. The number of aliphatic imine (C=N–C) groups is 1. The van der Waals surface area contributed by atoms with Crippen LogP contribution in [0.3, 0.4) is 0 Å². The largest absolute Gasteiger partial charge is 0.354 e. The number of hydrogen-bond acceptors (Lipinski definition) is 3. The first-order chi connectivity index (χ1) is 12.0. The number of guanidine groups is 1. The van der Waals surface area contributed by atoms with Gasteiger partial charge in [0.15, 0.2) is 5.96 Å². The van der Waals surface area contributed by atoms with Gasteiger partial charge in [-0.25, -0.2) is 0 Å². The van der Waals surface area contributed by atoms with Crippen LogP contribution in [0.15, 0.2) is 29.3 Å². The summed E-state index contributed by atoms with van der Waals surface area (Å²) < 4.78 is 0. The maximum Gasteiger partial charge on any atom is 0.251 e. The summed E-state index contributed by atoms with van der Waals surface area (Å²) in [5.74, 6) is 2.69. The van der Waals surface area contributed by atoms with E-state index in [0.717, 1.165) is 30.4 Å². The molecule has 0 bridgehead atoms. The molecule has 1 saturated heterocycles. The Labute approximate surface area is 155 Å². The lowest BCUT2D eigenvalue weighted by Crippen LogP contribution is -2.50. The fraction of sp³-hybridized carbons (Fsp3) is 0.579. The van der Waals surface area contributed by atoms with Crippen molar-refractivity contribution in [1.82, 2.24) is 15.5 Å². The molecule has 2 N–H and O–H groups in total. The third kappa shape index (κ3) is 5.96. The van der Waals surface area contributed by atoms with Gasteiger partial charge in [0.2, 0.25) is 0 Å². The Hall–Kier alpha value is -1.69. The summed E-state index contributed by atoms with van der Waals surface area (Å²) >= 11 is 2.05. The summed E-state index contributed by atoms with van der Waals surface area (Å²) in [4.78, 5) is 18.9. The fourth-order valence-electron chi connectivity index (χ4n) is 2.84. The number of rotatable bonds is 5. The number of aryl methyl sites for hydroxylation is 1. The van der Waals surface area contributed by atoms with E-state index in [1.807, 2.05) is 38.2 Å². The van der Waals surface area contributed by atoms with E-state index < -0.39 is 0 Å². The highest BCUT2D eigenvalue weighted by Crippen LogP contribution is 2.24. The van der Waals surface area contributed by atoms with Crippen LogP contribution in [0.4, 0.5) is 0 Å². The molecule has 25 heavy (non-hydrogen) atoms. The average molecular weight is 363 g/mol. The molecular weight excluding hydrogens is 332 g/mol. The number of benzene rings is 1. The first kappa shape index (κ1) is 19.6. The lowest BCUT2D eigenvalue weighted by atomic mass is 10.1. The van der Waals surface area contributed by atoms with Crippen molar-refractivity contribution in [2.75, 3.05) is 39.0 Å². The van der Waals surface area contributed by atoms with Gasteiger partial charge in [-0.05, 0) is 25.0 Å². The van der Waals surface area contributed by atoms with Crippen molar-refractivity contribution in [2.45, 2.75) is 26.0 Å². The first-order valence-corrected chi connectivity index (χ1v) is 9.98. The van der Waals surface area contributed by atoms with Crippen LogP contribution in [0.1, 0.15) is 29.8 Å². The van der Waals surface area contributed by atoms with Gasteiger partial charge >= 0.3 is 0 Å². The molecule has 6 heteroatoms. The maximum absolute atomic E-state index is 12.1. The predicted molar refractivity (Wildman–Crippen MR) is 108 cm³/mol. The van der Waals surface area contributed by atoms with Crippen LogP contribution < -0.4 is 10.6 Å². The highest BCUT2D eigenvalue weighted by molar-refractivity contribution is 8.00. The quantitative estimate of drug-likeness (QED) is 0.480. The van der Waals surface area contributed by atoms with E-state index in [4.69, 9.17) is 0 Å². The van der Waals surface area contributed by atoms with Crippen LogP contribution in [0, 0.1) is 12.8 Å². The normalized spacial score (nSPS) is 18.4. The minimum Gasteiger partial charge on any atom is -0.354 e. The Bertz CT molecular complexity index is 603. The van der Waals surface area contributed by atoms with Gasteiger partial charge < -0.3 is 15.5 Å². The van der Waals surface area contributed by atoms with Crippen LogP contribution >= 0.6 is 11.8 Å². The van der Waals surface area contributed by atoms with Gasteiger partial charge in [-0.1, -0.05) is 31.5 Å². The zero-order valence-electron chi connectivity index (χ0n) is 15.7. The smallest absolute Gasteiger partial charge is 0.251 e. The van der Waals surface area contributed by atoms with Gasteiger partial charge in [0, 0.05) is 49.8 Å². The summed E-state index contributed by atoms with van der Waals surface area (Å²) in [7, 11) is 1.82. The molecule has 1 amide bonds. The molecule has 1 aliphatic rings. The molecule has 5 nitrogen and oxygen atoms in total. The van der Waals surface area contributed by atoms with E-state index in [0.29, 0.717) is 29.8 Å². The van der Waals surface area contributed by atoms with E-state index in [9.17, 15) is 4.79 Å². The van der Waals surface area contributed by atoms with E-state index in [1.165, 1.54) is 0 Å². The molecule has 0 aliphatic carbocycles. The molecule has 1 heterocycles. The lowest BCUT2D eigenvalue weighted by molar-refractivity contribution is 0.0954. The molecule has 0 saturated carbocycles. The molecular formula is C19H30N4OS. The Morgan fingerprint density at radius 2 is 2.12 bits per heavy atom. The second kappa shape index (κ2) is 9.70. The second-order valence-corrected chi connectivity index (χ2v) is 8.05. The van der Waals surface area contributed by atoms with Crippen molar-refractivity contribution >= 4 is 23.6 Å². The number of thioether (sulfide) groups is 1. The Kier molecular flexibility index (Phi) is 7.62. The maximum atomic E-state index is 12.1. The third-order valence-electron chi connectivity index (χ3n) is 4.32. The van der Waals surface area contributed by atoms with Crippen molar-refractivity contribution in [1.29, 1.82) is 0 Å². The van der Waals surface area contributed by atoms with Crippen molar-refractivity contribution in [3.8, 4) is 0 Å². The zero-order chi connectivity index (χ0) is 18.2. The van der Waals surface area contributed by atoms with E-state index in [-0.39, 0.29) is 5.91 Å². The van der Waals surface area contributed by atoms with E-state index in [1.54, 1.807) is 0 Å². The van der Waals surface area contributed by atoms with E-state index in [2.05, 4.69) is 46.1 Å². The van der Waals surface area contributed by atoms with Crippen molar-refractivity contribution in [2.24, 2.45) is 10.9 Å². The number of hydrogen-bond donors (Lipinski definition) is 2. The van der Waals surface area contributed by atoms with Crippen LogP contribution in [0.2, 0.25) is 0 Å². The molecule has 1 aromatic carbocycles. The number of nitrogens with one attached hydrogen (secondary N) is 2. The Balaban J connectivity index is 1.77. The number of carbonyl (C=O) groups is 1. The highest BCUT2D eigenvalue weighted by atomic mass is 32.2. The Morgan fingerprint density at radius 1 is 1.36 bits per heavy atom. The standard InChI is InChI=1S/C19H30N4OS/c1-14(2)17-13-23(10-11-25-17)19(20-4)22-9-8-21-18(24)16-7-5-6-15(3)12-16/h5-7,12,14,17H,8-11,13H2,1-4H3,(H,20,22)(H,21,24). The monoisotopic (exact) mass is 362 g/mol. The fourth-order valence-corrected chi connectivity index (χ4v) is 4.14. The predicted octanol–water partition coefficient (Wildman–Crippen LogP) is 2.37. The summed E-state index contributed by atoms with van der Waals surface area (Å²) in [5, 5.41) is 6.97. The van der Waals surface area contributed by atoms with Gasteiger partial charge in [0.1, 0.15) is 0 Å². The minimum absolute atomic E-state index is 0.0327. The Morgan fingerprint density at radius 3 is 2.80 bits per heavy atom. The molecule has 138 valence electrons. The van der Waals surface area contributed by atoms with Crippen LogP contribution in [-0.4, -0.2) is 61.0 Å². The van der Waals surface area contributed by atoms with Gasteiger partial charge in [0.05, 0.1) is 0 Å². The van der Waals surface area contributed by atoms with Crippen molar-refractivity contribution < 1.29 is 4.79 Å². The molecule has 1 atom stereocenters. The number of nitrogens with zero attached hydrogens (tertiary/aromatic N) is 2. The van der Waals surface area contributed by atoms with Crippen LogP contribution in [0.5, 0.6) is 0 Å². The lowest BCUT2D eigenvalue weighted by Gasteiger charge is -2.36. The molecule has 1 fully saturated rings. The highest BCUT2D eigenvalue weighted by Gasteiger charge is 2.24. The summed E-state index contributed by atoms with van der Waals surface area (Å²) in [6.07, 6.45) is 0. The average Bonchev–Trinajstić information content (AvgIpc) is 2.61. The van der Waals surface area contributed by atoms with Crippen LogP contribution in [-0.2, 0) is 0 Å². The third-order valence-corrected chi connectivity index (χ3v) is 5.86. The zero-order valence-corrected chi connectivity index (χ0v) is 16.5. The van der Waals surface area contributed by atoms with Gasteiger partial charge in [-0.3, -0.25) is 9.79 Å². The van der Waals surface area contributed by atoms with Crippen LogP contribution in [0.25, 0.3) is 0 Å². The van der Waals surface area contributed by atoms with Gasteiger partial charge in [-0.15, -0.1) is 0 Å². The molecule has 1 unspecified atom stereocenters. The van der Waals surface area contributed by atoms with Crippen molar-refractivity contribution in [3.05, 3.63) is 35.4 Å². The molecule has 0 aromatic heterocycles. The van der Waals surface area contributed by atoms with Gasteiger partial charge in [-0.2, -0.15) is 11.8 Å². The summed E-state index contributed by atoms with van der Waals surface area (Å²) in [5.41, 5.74) is 1.80. The molecule has 1 aromatic rings. The number of amides is 1. The van der Waals surface area contributed by atoms with E-state index >= 15 is 0 Å². The minimum atomic E-state index is -0.0327. The second-order valence-electron chi connectivity index (χ2n) is 6.70. The summed E-state index contributed by atoms with van der Waals surface area (Å²) in [6, 6.07) is 7.64. The molecule has 0 radical (unpaired) electrons. The SMILES string of the molecule is CN=C(NCCNC(=O)c1cccc(C)c1)N1CCSC(C(C)C)C1. The number of carbonyl (C=O) groups excluding carboxylic acids is 1. The molecule has 0 spiro atoms. The molecule has 2 rings (SSSR count). The van der Waals surface area contributed by atoms with Crippen molar-refractivity contribution in [3.63, 3.8) is 0 Å². The topological polar surface area (TPSA) is 56.7 Å². The molecule has 1 aliphatic heterocycles.